The van der Waals surface area contributed by atoms with Gasteiger partial charge in [0.2, 0.25) is 0 Å². The Morgan fingerprint density at radius 3 is 2.00 bits per heavy atom. The van der Waals surface area contributed by atoms with Crippen LogP contribution in [0.25, 0.3) is 5.57 Å². The van der Waals surface area contributed by atoms with E-state index in [1.54, 1.807) is 0 Å². The normalized spacial score (nSPS) is 9.75. The van der Waals surface area contributed by atoms with Crippen LogP contribution in [0.15, 0.2) is 61.2 Å². The Labute approximate surface area is 95.6 Å². The van der Waals surface area contributed by atoms with Crippen molar-refractivity contribution in [3.63, 3.8) is 0 Å². The average molecular weight is 207 g/mol. The summed E-state index contributed by atoms with van der Waals surface area (Å²) in [6, 6.07) is 18.0. The Balaban J connectivity index is 2.31. The molecular weight excluding hydrogens is 194 g/mol. The van der Waals surface area contributed by atoms with Crippen LogP contribution in [-0.4, -0.2) is 6.21 Å². The van der Waals surface area contributed by atoms with E-state index < -0.39 is 0 Å². The zero-order valence-electron chi connectivity index (χ0n) is 8.98. The van der Waals surface area contributed by atoms with Gasteiger partial charge < -0.3 is 5.41 Å². The largest absolute Gasteiger partial charge is 0.308 e. The molecule has 0 fully saturated rings. The van der Waals surface area contributed by atoms with Gasteiger partial charge in [-0.2, -0.15) is 0 Å². The van der Waals surface area contributed by atoms with E-state index >= 15 is 0 Å². The topological polar surface area (TPSA) is 23.9 Å². The Kier molecular flexibility index (Phi) is 2.97. The van der Waals surface area contributed by atoms with Crippen LogP contribution >= 0.6 is 0 Å². The van der Waals surface area contributed by atoms with E-state index in [9.17, 15) is 0 Å². The summed E-state index contributed by atoms with van der Waals surface area (Å²) in [6.45, 7) is 4.09. The van der Waals surface area contributed by atoms with Crippen LogP contribution < -0.4 is 0 Å². The van der Waals surface area contributed by atoms with Crippen molar-refractivity contribution < 1.29 is 0 Å². The van der Waals surface area contributed by atoms with E-state index in [2.05, 4.69) is 6.58 Å². The number of hydrogen-bond donors (Lipinski definition) is 1. The lowest BCUT2D eigenvalue weighted by Gasteiger charge is -2.06. The van der Waals surface area contributed by atoms with Crippen molar-refractivity contribution in [1.82, 2.24) is 0 Å². The second kappa shape index (κ2) is 4.58. The molecule has 0 aliphatic carbocycles. The van der Waals surface area contributed by atoms with Gasteiger partial charge in [0.05, 0.1) is 0 Å². The third-order valence-electron chi connectivity index (χ3n) is 2.55. The molecule has 0 atom stereocenters. The van der Waals surface area contributed by atoms with Crippen LogP contribution in [0.3, 0.4) is 0 Å². The molecule has 0 heterocycles. The number of hydrogen-bond acceptors (Lipinski definition) is 1. The van der Waals surface area contributed by atoms with Gasteiger partial charge in [-0.05, 0) is 22.3 Å². The minimum Gasteiger partial charge on any atom is -0.308 e. The van der Waals surface area contributed by atoms with Crippen LogP contribution in [0.5, 0.6) is 0 Å². The molecule has 2 aromatic carbocycles. The molecule has 0 bridgehead atoms. The fourth-order valence-electron chi connectivity index (χ4n) is 1.59. The second-order valence-electron chi connectivity index (χ2n) is 3.61. The van der Waals surface area contributed by atoms with Gasteiger partial charge >= 0.3 is 0 Å². The van der Waals surface area contributed by atoms with Crippen molar-refractivity contribution >= 4 is 11.8 Å². The maximum atomic E-state index is 7.14. The highest BCUT2D eigenvalue weighted by Gasteiger charge is 2.00. The van der Waals surface area contributed by atoms with Crippen molar-refractivity contribution in [2.45, 2.75) is 0 Å². The van der Waals surface area contributed by atoms with Gasteiger partial charge in [-0.3, -0.25) is 0 Å². The number of rotatable bonds is 3. The molecule has 0 aliphatic rings. The molecule has 1 N–H and O–H groups in total. The highest BCUT2D eigenvalue weighted by atomic mass is 14.3. The van der Waals surface area contributed by atoms with Crippen LogP contribution in [0.2, 0.25) is 0 Å². The monoisotopic (exact) mass is 207 g/mol. The molecule has 0 saturated carbocycles. The smallest absolute Gasteiger partial charge is 0.0250 e. The minimum absolute atomic E-state index is 0.907. The first kappa shape index (κ1) is 10.4. The quantitative estimate of drug-likeness (QED) is 0.741. The zero-order valence-corrected chi connectivity index (χ0v) is 8.98. The van der Waals surface area contributed by atoms with E-state index in [1.807, 2.05) is 54.6 Å². The minimum atomic E-state index is 0.907. The SMILES string of the molecule is C=C(c1ccccc1)c1ccc(C=N)cc1. The molecule has 1 heteroatoms. The Hall–Kier alpha value is -2.15. The predicted molar refractivity (Wildman–Crippen MR) is 68.9 cm³/mol. The van der Waals surface area contributed by atoms with Crippen LogP contribution in [0.4, 0.5) is 0 Å². The van der Waals surface area contributed by atoms with Gasteiger partial charge in [0.1, 0.15) is 0 Å². The molecule has 0 saturated heterocycles. The molecule has 2 aromatic rings. The molecule has 16 heavy (non-hydrogen) atoms. The van der Waals surface area contributed by atoms with E-state index in [0.717, 1.165) is 22.3 Å². The Bertz CT molecular complexity index is 495. The summed E-state index contributed by atoms with van der Waals surface area (Å²) >= 11 is 0. The fourth-order valence-corrected chi connectivity index (χ4v) is 1.59. The first-order valence-electron chi connectivity index (χ1n) is 5.16. The first-order chi connectivity index (χ1) is 7.81. The summed E-state index contributed by atoms with van der Waals surface area (Å²) in [6.07, 6.45) is 1.34. The molecule has 2 rings (SSSR count). The second-order valence-corrected chi connectivity index (χ2v) is 3.61. The molecule has 0 radical (unpaired) electrons. The summed E-state index contributed by atoms with van der Waals surface area (Å²) in [5, 5.41) is 7.14. The summed E-state index contributed by atoms with van der Waals surface area (Å²) in [7, 11) is 0. The van der Waals surface area contributed by atoms with Gasteiger partial charge in [0.15, 0.2) is 0 Å². The van der Waals surface area contributed by atoms with Gasteiger partial charge in [0.25, 0.3) is 0 Å². The average Bonchev–Trinajstić information content (AvgIpc) is 2.39. The number of nitrogens with one attached hydrogen (secondary N) is 1. The molecule has 0 spiro atoms. The first-order valence-corrected chi connectivity index (χ1v) is 5.16. The molecule has 0 amide bonds. The van der Waals surface area contributed by atoms with Crippen LogP contribution in [-0.2, 0) is 0 Å². The van der Waals surface area contributed by atoms with Crippen molar-refractivity contribution in [1.29, 1.82) is 5.41 Å². The summed E-state index contributed by atoms with van der Waals surface area (Å²) in [5.74, 6) is 0. The van der Waals surface area contributed by atoms with Crippen LogP contribution in [0, 0.1) is 5.41 Å². The predicted octanol–water partition coefficient (Wildman–Crippen LogP) is 3.75. The standard InChI is InChI=1S/C15H13N/c1-12(14-5-3-2-4-6-14)15-9-7-13(11-16)8-10-15/h2-11,16H,1H2. The summed E-state index contributed by atoms with van der Waals surface area (Å²) in [5.41, 5.74) is 4.14. The highest BCUT2D eigenvalue weighted by Crippen LogP contribution is 2.21. The maximum Gasteiger partial charge on any atom is 0.0250 e. The van der Waals surface area contributed by atoms with Crippen molar-refractivity contribution in [2.75, 3.05) is 0 Å². The lowest BCUT2D eigenvalue weighted by Crippen LogP contribution is -1.86. The Morgan fingerprint density at radius 1 is 0.875 bits per heavy atom. The molecule has 0 aliphatic heterocycles. The van der Waals surface area contributed by atoms with Gasteiger partial charge in [-0.25, -0.2) is 0 Å². The third-order valence-corrected chi connectivity index (χ3v) is 2.55. The van der Waals surface area contributed by atoms with Gasteiger partial charge in [-0.15, -0.1) is 0 Å². The number of benzene rings is 2. The van der Waals surface area contributed by atoms with Crippen LogP contribution in [0.1, 0.15) is 16.7 Å². The third kappa shape index (κ3) is 2.09. The van der Waals surface area contributed by atoms with E-state index in [1.165, 1.54) is 6.21 Å². The molecule has 0 unspecified atom stereocenters. The summed E-state index contributed by atoms with van der Waals surface area (Å²) < 4.78 is 0. The van der Waals surface area contributed by atoms with Gasteiger partial charge in [-0.1, -0.05) is 61.2 Å². The van der Waals surface area contributed by atoms with Crippen molar-refractivity contribution in [2.24, 2.45) is 0 Å². The zero-order chi connectivity index (χ0) is 11.4. The molecule has 0 aromatic heterocycles. The van der Waals surface area contributed by atoms with Gasteiger partial charge in [0, 0.05) is 6.21 Å². The van der Waals surface area contributed by atoms with E-state index in [-0.39, 0.29) is 0 Å². The highest BCUT2D eigenvalue weighted by molar-refractivity contribution is 5.81. The molecule has 1 nitrogen and oxygen atoms in total. The maximum absolute atomic E-state index is 7.14. The van der Waals surface area contributed by atoms with E-state index in [4.69, 9.17) is 5.41 Å². The lowest BCUT2D eigenvalue weighted by molar-refractivity contribution is 1.51. The molecule has 78 valence electrons. The Morgan fingerprint density at radius 2 is 1.44 bits per heavy atom. The van der Waals surface area contributed by atoms with Crippen molar-refractivity contribution in [3.8, 4) is 0 Å². The summed E-state index contributed by atoms with van der Waals surface area (Å²) in [4.78, 5) is 0. The lowest BCUT2D eigenvalue weighted by atomic mass is 9.99. The molecular formula is C15H13N. The van der Waals surface area contributed by atoms with E-state index in [0.29, 0.717) is 0 Å². The van der Waals surface area contributed by atoms with Crippen molar-refractivity contribution in [3.05, 3.63) is 77.9 Å². The fraction of sp³-hybridized carbons (Fsp3) is 0.